The highest BCUT2D eigenvalue weighted by Crippen LogP contribution is 2.13. The zero-order chi connectivity index (χ0) is 22.1. The van der Waals surface area contributed by atoms with Gasteiger partial charge in [-0.3, -0.25) is 9.59 Å². The molecular formula is C22H28N2O5S. The summed E-state index contributed by atoms with van der Waals surface area (Å²) in [6.45, 7) is 3.86. The Hall–Kier alpha value is -2.87. The first-order valence-corrected chi connectivity index (χ1v) is 11.4. The second-order valence-electron chi connectivity index (χ2n) is 7.20. The number of carbonyl (C=O) groups is 2. The highest BCUT2D eigenvalue weighted by atomic mass is 32.2. The molecule has 7 nitrogen and oxygen atoms in total. The minimum absolute atomic E-state index is 0.0676. The van der Waals surface area contributed by atoms with Gasteiger partial charge in [-0.2, -0.15) is 0 Å². The molecule has 2 rings (SSSR count). The molecule has 0 aliphatic carbocycles. The number of hydrogen-bond donors (Lipinski definition) is 2. The zero-order valence-electron chi connectivity index (χ0n) is 17.4. The molecule has 1 unspecified atom stereocenters. The number of carbonyl (C=O) groups excluding carboxylic acids is 2. The number of amides is 2. The lowest BCUT2D eigenvalue weighted by molar-refractivity contribution is -0.123. The van der Waals surface area contributed by atoms with Crippen LogP contribution in [0.3, 0.4) is 0 Å². The van der Waals surface area contributed by atoms with Gasteiger partial charge in [-0.25, -0.2) is 8.42 Å². The van der Waals surface area contributed by atoms with E-state index < -0.39 is 15.9 Å². The van der Waals surface area contributed by atoms with Crippen molar-refractivity contribution in [1.82, 2.24) is 10.6 Å². The number of hydrogen-bond acceptors (Lipinski definition) is 5. The van der Waals surface area contributed by atoms with E-state index in [0.717, 1.165) is 0 Å². The summed E-state index contributed by atoms with van der Waals surface area (Å²) in [5.41, 5.74) is 0.420. The lowest BCUT2D eigenvalue weighted by Gasteiger charge is -2.22. The van der Waals surface area contributed by atoms with Crippen LogP contribution in [0, 0.1) is 5.92 Å². The maximum Gasteiger partial charge on any atom is 0.251 e. The third-order valence-electron chi connectivity index (χ3n) is 4.58. The molecule has 1 atom stereocenters. The summed E-state index contributed by atoms with van der Waals surface area (Å²) >= 11 is 0. The van der Waals surface area contributed by atoms with Crippen molar-refractivity contribution in [2.75, 3.05) is 19.4 Å². The zero-order valence-corrected chi connectivity index (χ0v) is 18.2. The molecule has 2 N–H and O–H groups in total. The molecule has 0 heterocycles. The van der Waals surface area contributed by atoms with Gasteiger partial charge in [0.15, 0.2) is 9.84 Å². The Balaban J connectivity index is 1.88. The van der Waals surface area contributed by atoms with Gasteiger partial charge in [0.2, 0.25) is 5.91 Å². The Morgan fingerprint density at radius 2 is 1.63 bits per heavy atom. The fourth-order valence-corrected chi connectivity index (χ4v) is 4.16. The van der Waals surface area contributed by atoms with E-state index in [2.05, 4.69) is 10.6 Å². The normalized spacial score (nSPS) is 12.3. The van der Waals surface area contributed by atoms with Crippen molar-refractivity contribution in [3.8, 4) is 5.75 Å². The third-order valence-corrected chi connectivity index (χ3v) is 6.40. The molecule has 0 saturated heterocycles. The molecule has 0 aromatic heterocycles. The summed E-state index contributed by atoms with van der Waals surface area (Å²) in [6, 6.07) is 14.1. The van der Waals surface area contributed by atoms with Gasteiger partial charge >= 0.3 is 0 Å². The van der Waals surface area contributed by atoms with Gasteiger partial charge in [0.1, 0.15) is 11.8 Å². The first kappa shape index (κ1) is 23.4. The van der Waals surface area contributed by atoms with E-state index in [4.69, 9.17) is 4.74 Å². The second-order valence-corrected chi connectivity index (χ2v) is 9.31. The Labute approximate surface area is 177 Å². The number of rotatable bonds is 10. The number of benzene rings is 2. The molecule has 2 aromatic carbocycles. The number of sulfone groups is 1. The standard InChI is InChI=1S/C22H28N2O5S/c1-16(2)20(24-21(25)17-10-12-18(29-3)13-11-17)22(26)23-14-7-15-30(27,28)19-8-5-4-6-9-19/h4-6,8-13,16,20H,7,14-15H2,1-3H3,(H,23,26)(H,24,25). The number of methoxy groups -OCH3 is 1. The molecule has 30 heavy (non-hydrogen) atoms. The smallest absolute Gasteiger partial charge is 0.251 e. The maximum atomic E-state index is 12.6. The van der Waals surface area contributed by atoms with Crippen molar-refractivity contribution in [2.45, 2.75) is 31.2 Å². The molecule has 0 aliphatic rings. The van der Waals surface area contributed by atoms with Crippen molar-refractivity contribution in [2.24, 2.45) is 5.92 Å². The fourth-order valence-electron chi connectivity index (χ4n) is 2.83. The van der Waals surface area contributed by atoms with Crippen LogP contribution in [0.15, 0.2) is 59.5 Å². The van der Waals surface area contributed by atoms with E-state index in [0.29, 0.717) is 11.3 Å². The van der Waals surface area contributed by atoms with Crippen molar-refractivity contribution in [1.29, 1.82) is 0 Å². The molecule has 2 amide bonds. The minimum Gasteiger partial charge on any atom is -0.497 e. The Bertz CT molecular complexity index is 941. The largest absolute Gasteiger partial charge is 0.497 e. The average molecular weight is 433 g/mol. The van der Waals surface area contributed by atoms with Gasteiger partial charge in [0.05, 0.1) is 17.8 Å². The maximum absolute atomic E-state index is 12.6. The third kappa shape index (κ3) is 6.59. The molecule has 8 heteroatoms. The first-order chi connectivity index (χ1) is 14.2. The average Bonchev–Trinajstić information content (AvgIpc) is 2.75. The Kier molecular flexibility index (Phi) is 8.41. The van der Waals surface area contributed by atoms with Gasteiger partial charge in [0.25, 0.3) is 5.91 Å². The molecule has 0 fully saturated rings. The van der Waals surface area contributed by atoms with Gasteiger partial charge in [-0.05, 0) is 48.7 Å². The molecule has 2 aromatic rings. The van der Waals surface area contributed by atoms with Crippen LogP contribution in [-0.4, -0.2) is 45.7 Å². The van der Waals surface area contributed by atoms with E-state index in [9.17, 15) is 18.0 Å². The summed E-state index contributed by atoms with van der Waals surface area (Å²) in [5, 5.41) is 5.47. The van der Waals surface area contributed by atoms with Gasteiger partial charge in [-0.15, -0.1) is 0 Å². The quantitative estimate of drug-likeness (QED) is 0.562. The van der Waals surface area contributed by atoms with Gasteiger partial charge < -0.3 is 15.4 Å². The minimum atomic E-state index is -3.39. The number of ether oxygens (including phenoxy) is 1. The van der Waals surface area contributed by atoms with Crippen LogP contribution >= 0.6 is 0 Å². The summed E-state index contributed by atoms with van der Waals surface area (Å²) in [5.74, 6) is -0.278. The second kappa shape index (κ2) is 10.8. The first-order valence-electron chi connectivity index (χ1n) is 9.75. The van der Waals surface area contributed by atoms with Crippen LogP contribution < -0.4 is 15.4 Å². The van der Waals surface area contributed by atoms with Crippen molar-refractivity contribution < 1.29 is 22.7 Å². The van der Waals surface area contributed by atoms with Crippen LogP contribution in [0.2, 0.25) is 0 Å². The molecule has 0 bridgehead atoms. The van der Waals surface area contributed by atoms with E-state index in [1.54, 1.807) is 61.7 Å². The van der Waals surface area contributed by atoms with Crippen LogP contribution in [0.1, 0.15) is 30.6 Å². The molecule has 0 radical (unpaired) electrons. The molecule has 162 valence electrons. The fraction of sp³-hybridized carbons (Fsp3) is 0.364. The molecular weight excluding hydrogens is 404 g/mol. The Morgan fingerprint density at radius 3 is 2.20 bits per heavy atom. The number of nitrogens with one attached hydrogen (secondary N) is 2. The van der Waals surface area contributed by atoms with Gasteiger partial charge in [-0.1, -0.05) is 32.0 Å². The topological polar surface area (TPSA) is 102 Å². The van der Waals surface area contributed by atoms with E-state index in [-0.39, 0.29) is 41.3 Å². The van der Waals surface area contributed by atoms with E-state index in [1.807, 2.05) is 13.8 Å². The molecule has 0 saturated carbocycles. The predicted molar refractivity (Wildman–Crippen MR) is 115 cm³/mol. The van der Waals surface area contributed by atoms with Crippen LogP contribution in [0.4, 0.5) is 0 Å². The summed E-state index contributed by atoms with van der Waals surface area (Å²) < 4.78 is 29.7. The van der Waals surface area contributed by atoms with Crippen molar-refractivity contribution in [3.63, 3.8) is 0 Å². The van der Waals surface area contributed by atoms with E-state index >= 15 is 0 Å². The summed E-state index contributed by atoms with van der Waals surface area (Å²) in [7, 11) is -1.85. The lowest BCUT2D eigenvalue weighted by Crippen LogP contribution is -2.50. The molecule has 0 spiro atoms. The summed E-state index contributed by atoms with van der Waals surface area (Å²) in [6.07, 6.45) is 0.278. The monoisotopic (exact) mass is 432 g/mol. The van der Waals surface area contributed by atoms with Crippen molar-refractivity contribution in [3.05, 3.63) is 60.2 Å². The van der Waals surface area contributed by atoms with Crippen molar-refractivity contribution >= 4 is 21.7 Å². The van der Waals surface area contributed by atoms with E-state index in [1.165, 1.54) is 0 Å². The lowest BCUT2D eigenvalue weighted by atomic mass is 10.0. The van der Waals surface area contributed by atoms with Crippen LogP contribution in [0.5, 0.6) is 5.75 Å². The predicted octanol–water partition coefficient (Wildman–Crippen LogP) is 2.43. The molecule has 0 aliphatic heterocycles. The Morgan fingerprint density at radius 1 is 1.00 bits per heavy atom. The SMILES string of the molecule is COc1ccc(C(=O)NC(C(=O)NCCCS(=O)(=O)c2ccccc2)C(C)C)cc1. The summed E-state index contributed by atoms with van der Waals surface area (Å²) in [4.78, 5) is 25.3. The highest BCUT2D eigenvalue weighted by Gasteiger charge is 2.24. The van der Waals surface area contributed by atoms with Gasteiger partial charge in [0, 0.05) is 12.1 Å². The van der Waals surface area contributed by atoms with Crippen LogP contribution in [0.25, 0.3) is 0 Å². The van der Waals surface area contributed by atoms with Crippen LogP contribution in [-0.2, 0) is 14.6 Å². The highest BCUT2D eigenvalue weighted by molar-refractivity contribution is 7.91.